The molecule has 8 heteroatoms. The highest BCUT2D eigenvalue weighted by molar-refractivity contribution is 5.87. The van der Waals surface area contributed by atoms with Gasteiger partial charge in [-0.25, -0.2) is 4.52 Å². The topological polar surface area (TPSA) is 89.9 Å². The molecule has 3 aliphatic heterocycles. The number of nitriles is 1. The van der Waals surface area contributed by atoms with Crippen molar-refractivity contribution < 1.29 is 9.84 Å². The third-order valence-corrected chi connectivity index (χ3v) is 9.37. The van der Waals surface area contributed by atoms with Crippen molar-refractivity contribution >= 4 is 16.8 Å². The van der Waals surface area contributed by atoms with E-state index in [1.165, 1.54) is 24.0 Å². The number of aromatic nitrogens is 3. The van der Waals surface area contributed by atoms with Gasteiger partial charge in [0.05, 0.1) is 48.9 Å². The monoisotopic (exact) mass is 522 g/mol. The lowest BCUT2D eigenvalue weighted by molar-refractivity contribution is -0.0746. The van der Waals surface area contributed by atoms with Crippen LogP contribution in [0.15, 0.2) is 60.6 Å². The van der Waals surface area contributed by atoms with Gasteiger partial charge in [0.25, 0.3) is 0 Å². The molecule has 6 heterocycles. The summed E-state index contributed by atoms with van der Waals surface area (Å²) in [7, 11) is 0. The van der Waals surface area contributed by atoms with E-state index in [4.69, 9.17) is 4.74 Å². The van der Waals surface area contributed by atoms with Crippen molar-refractivity contribution in [1.29, 1.82) is 5.26 Å². The van der Waals surface area contributed by atoms with Crippen LogP contribution in [0.4, 0.5) is 5.69 Å². The van der Waals surface area contributed by atoms with Gasteiger partial charge < -0.3 is 14.7 Å². The van der Waals surface area contributed by atoms with E-state index in [-0.39, 0.29) is 0 Å². The second-order valence-electron chi connectivity index (χ2n) is 11.5. The Kier molecular flexibility index (Phi) is 6.03. The maximum Gasteiger partial charge on any atom is 0.125 e. The van der Waals surface area contributed by atoms with Crippen LogP contribution in [0.25, 0.3) is 11.1 Å². The molecule has 3 fully saturated rings. The second kappa shape index (κ2) is 9.60. The van der Waals surface area contributed by atoms with Gasteiger partial charge in [-0.15, -0.1) is 0 Å². The SMILES string of the molecule is CC1=C(c2cc(N3CCC(O)(c4ccccn4)C3)c3c(C#N)cnn3c2)C=CC1C1CCN(C2COC2)CC1. The highest BCUT2D eigenvalue weighted by Gasteiger charge is 2.40. The van der Waals surface area contributed by atoms with Gasteiger partial charge in [0.15, 0.2) is 0 Å². The van der Waals surface area contributed by atoms with Crippen molar-refractivity contribution in [3.05, 3.63) is 77.4 Å². The fourth-order valence-electron chi connectivity index (χ4n) is 6.98. The van der Waals surface area contributed by atoms with E-state index >= 15 is 0 Å². The Bertz CT molecular complexity index is 1490. The number of pyridine rings is 2. The first-order valence-electron chi connectivity index (χ1n) is 14.1. The molecule has 3 saturated heterocycles. The Labute approximate surface area is 228 Å². The molecule has 8 nitrogen and oxygen atoms in total. The van der Waals surface area contributed by atoms with Crippen LogP contribution in [-0.4, -0.2) is 70.0 Å². The normalized spacial score (nSPS) is 26.5. The first-order valence-corrected chi connectivity index (χ1v) is 14.1. The molecule has 1 N–H and O–H groups in total. The number of allylic oxidation sites excluding steroid dienone is 4. The minimum absolute atomic E-state index is 0.417. The van der Waals surface area contributed by atoms with Gasteiger partial charge in [0.1, 0.15) is 17.2 Å². The molecule has 2 unspecified atom stereocenters. The molecule has 0 amide bonds. The Morgan fingerprint density at radius 3 is 2.74 bits per heavy atom. The zero-order valence-corrected chi connectivity index (χ0v) is 22.3. The standard InChI is InChI=1S/C31H34N6O2/c1-21-26(22-7-11-35(12-8-22)25-18-39-19-25)5-6-27(21)23-14-28(30-24(15-32)16-34-37(30)17-23)36-13-9-31(38,20-36)29-4-2-3-10-33-29/h2-6,10,14,16-17,22,25-26,38H,7-9,11-13,18-20H2,1H3. The maximum absolute atomic E-state index is 11.5. The Morgan fingerprint density at radius 1 is 1.18 bits per heavy atom. The van der Waals surface area contributed by atoms with E-state index in [0.29, 0.717) is 48.6 Å². The van der Waals surface area contributed by atoms with Crippen LogP contribution in [0.2, 0.25) is 0 Å². The molecule has 4 aliphatic rings. The molecule has 2 atom stereocenters. The smallest absolute Gasteiger partial charge is 0.125 e. The number of fused-ring (bicyclic) bond motifs is 1. The van der Waals surface area contributed by atoms with Crippen LogP contribution in [-0.2, 0) is 10.3 Å². The summed E-state index contributed by atoms with van der Waals surface area (Å²) in [5.41, 5.74) is 5.66. The molecule has 3 aromatic heterocycles. The van der Waals surface area contributed by atoms with Crippen LogP contribution in [0.1, 0.15) is 43.0 Å². The van der Waals surface area contributed by atoms with Gasteiger partial charge in [-0.2, -0.15) is 10.4 Å². The highest BCUT2D eigenvalue weighted by atomic mass is 16.5. The molecule has 0 saturated carbocycles. The van der Waals surface area contributed by atoms with Gasteiger partial charge in [0, 0.05) is 36.8 Å². The molecule has 3 aromatic rings. The Morgan fingerprint density at radius 2 is 2.03 bits per heavy atom. The maximum atomic E-state index is 11.5. The van der Waals surface area contributed by atoms with Gasteiger partial charge >= 0.3 is 0 Å². The number of hydrogen-bond acceptors (Lipinski definition) is 7. The number of rotatable bonds is 5. The number of β-amino-alcohol motifs (C(OH)–C–C–N with tert-alkyl or cyclic N) is 1. The van der Waals surface area contributed by atoms with Gasteiger partial charge in [-0.1, -0.05) is 23.8 Å². The molecular formula is C31H34N6O2. The van der Waals surface area contributed by atoms with Gasteiger partial charge in [-0.3, -0.25) is 9.88 Å². The molecule has 0 spiro atoms. The predicted molar refractivity (Wildman–Crippen MR) is 149 cm³/mol. The van der Waals surface area contributed by atoms with Crippen LogP contribution in [0, 0.1) is 23.2 Å². The molecule has 39 heavy (non-hydrogen) atoms. The van der Waals surface area contributed by atoms with Crippen molar-refractivity contribution in [2.24, 2.45) is 11.8 Å². The quantitative estimate of drug-likeness (QED) is 0.546. The number of likely N-dealkylation sites (tertiary alicyclic amines) is 1. The summed E-state index contributed by atoms with van der Waals surface area (Å²) in [6.45, 7) is 7.44. The molecule has 200 valence electrons. The summed E-state index contributed by atoms with van der Waals surface area (Å²) < 4.78 is 7.24. The molecular weight excluding hydrogens is 488 g/mol. The summed E-state index contributed by atoms with van der Waals surface area (Å²) in [4.78, 5) is 9.23. The van der Waals surface area contributed by atoms with Gasteiger partial charge in [-0.05, 0) is 62.5 Å². The summed E-state index contributed by atoms with van der Waals surface area (Å²) in [5, 5.41) is 25.9. The van der Waals surface area contributed by atoms with Crippen molar-refractivity contribution in [3.8, 4) is 6.07 Å². The lowest BCUT2D eigenvalue weighted by Crippen LogP contribution is -2.52. The van der Waals surface area contributed by atoms with Crippen LogP contribution < -0.4 is 4.90 Å². The third-order valence-electron chi connectivity index (χ3n) is 9.37. The minimum Gasteiger partial charge on any atom is -0.382 e. The van der Waals surface area contributed by atoms with Crippen molar-refractivity contribution in [1.82, 2.24) is 19.5 Å². The third kappa shape index (κ3) is 4.17. The van der Waals surface area contributed by atoms with E-state index < -0.39 is 5.60 Å². The van der Waals surface area contributed by atoms with Crippen LogP contribution in [0.5, 0.6) is 0 Å². The lowest BCUT2D eigenvalue weighted by Gasteiger charge is -2.42. The number of anilines is 1. The lowest BCUT2D eigenvalue weighted by atomic mass is 9.80. The number of hydrogen-bond donors (Lipinski definition) is 1. The molecule has 0 bridgehead atoms. The van der Waals surface area contributed by atoms with Crippen LogP contribution >= 0.6 is 0 Å². The molecule has 1 aliphatic carbocycles. The Balaban J connectivity index is 1.19. The zero-order valence-electron chi connectivity index (χ0n) is 22.3. The number of nitrogens with zero attached hydrogens (tertiary/aromatic N) is 6. The molecule has 0 radical (unpaired) electrons. The average Bonchev–Trinajstić information content (AvgIpc) is 3.65. The fraction of sp³-hybridized carbons (Fsp3) is 0.452. The average molecular weight is 523 g/mol. The van der Waals surface area contributed by atoms with Crippen molar-refractivity contribution in [3.63, 3.8) is 0 Å². The summed E-state index contributed by atoms with van der Waals surface area (Å²) in [6, 6.07) is 10.8. The number of ether oxygens (including phenoxy) is 1. The van der Waals surface area contributed by atoms with E-state index in [2.05, 4.69) is 51.1 Å². The van der Waals surface area contributed by atoms with E-state index in [0.717, 1.165) is 43.1 Å². The largest absolute Gasteiger partial charge is 0.382 e. The summed E-state index contributed by atoms with van der Waals surface area (Å²) in [6.07, 6.45) is 13.1. The Hall–Kier alpha value is -3.51. The van der Waals surface area contributed by atoms with E-state index in [1.807, 2.05) is 28.9 Å². The first kappa shape index (κ1) is 24.5. The fourth-order valence-corrected chi connectivity index (χ4v) is 6.98. The van der Waals surface area contributed by atoms with E-state index in [9.17, 15) is 10.4 Å². The van der Waals surface area contributed by atoms with Crippen molar-refractivity contribution in [2.45, 2.75) is 37.8 Å². The molecule has 0 aromatic carbocycles. The van der Waals surface area contributed by atoms with Crippen LogP contribution in [0.3, 0.4) is 0 Å². The highest BCUT2D eigenvalue weighted by Crippen LogP contribution is 2.42. The first-order chi connectivity index (χ1) is 19.0. The van der Waals surface area contributed by atoms with Crippen molar-refractivity contribution in [2.75, 3.05) is 44.3 Å². The van der Waals surface area contributed by atoms with E-state index in [1.54, 1.807) is 12.4 Å². The zero-order chi connectivity index (χ0) is 26.6. The predicted octanol–water partition coefficient (Wildman–Crippen LogP) is 3.77. The van der Waals surface area contributed by atoms with Gasteiger partial charge in [0.2, 0.25) is 0 Å². The second-order valence-corrected chi connectivity index (χ2v) is 11.5. The summed E-state index contributed by atoms with van der Waals surface area (Å²) >= 11 is 0. The minimum atomic E-state index is -1.03. The number of piperidine rings is 1. The number of aliphatic hydroxyl groups is 1. The summed E-state index contributed by atoms with van der Waals surface area (Å²) in [5.74, 6) is 1.10. The molecule has 7 rings (SSSR count).